The third-order valence-electron chi connectivity index (χ3n) is 3.80. The first-order valence-corrected chi connectivity index (χ1v) is 9.40. The lowest BCUT2D eigenvalue weighted by atomic mass is 10.2. The third-order valence-corrected chi connectivity index (χ3v) is 4.65. The van der Waals surface area contributed by atoms with E-state index in [-0.39, 0.29) is 28.8 Å². The predicted molar refractivity (Wildman–Crippen MR) is 99.8 cm³/mol. The number of nitrogens with one attached hydrogen (secondary N) is 1. The second-order valence-corrected chi connectivity index (χ2v) is 7.06. The Bertz CT molecular complexity index is 1010. The number of aryl methyl sites for hydroxylation is 1. The van der Waals surface area contributed by atoms with Gasteiger partial charge in [0.2, 0.25) is 5.91 Å². The fourth-order valence-corrected chi connectivity index (χ4v) is 3.16. The van der Waals surface area contributed by atoms with Gasteiger partial charge >= 0.3 is 6.18 Å². The number of rotatable bonds is 6. The Kier molecular flexibility index (Phi) is 6.21. The molecule has 0 saturated heterocycles. The largest absolute Gasteiger partial charge is 0.463 e. The Morgan fingerprint density at radius 3 is 2.69 bits per heavy atom. The van der Waals surface area contributed by atoms with Crippen molar-refractivity contribution in [1.82, 2.24) is 9.97 Å². The molecule has 0 bridgehead atoms. The first kappa shape index (κ1) is 20.8. The Balaban J connectivity index is 1.67. The van der Waals surface area contributed by atoms with Crippen LogP contribution < -0.4 is 5.32 Å². The molecule has 29 heavy (non-hydrogen) atoms. The van der Waals surface area contributed by atoms with Crippen LogP contribution in [0.1, 0.15) is 17.7 Å². The molecule has 3 aromatic rings. The number of carbonyl (C=O) groups excluding carboxylic acids is 1. The zero-order valence-corrected chi connectivity index (χ0v) is 15.9. The van der Waals surface area contributed by atoms with Crippen molar-refractivity contribution in [3.63, 3.8) is 0 Å². The summed E-state index contributed by atoms with van der Waals surface area (Å²) < 4.78 is 57.8. The van der Waals surface area contributed by atoms with Crippen LogP contribution >= 0.6 is 11.8 Å². The zero-order chi connectivity index (χ0) is 21.0. The van der Waals surface area contributed by atoms with Crippen LogP contribution in [0.15, 0.2) is 52.2 Å². The molecule has 5 nitrogen and oxygen atoms in total. The summed E-state index contributed by atoms with van der Waals surface area (Å²) in [6.45, 7) is 1.72. The van der Waals surface area contributed by atoms with Crippen molar-refractivity contribution in [1.29, 1.82) is 0 Å². The van der Waals surface area contributed by atoms with Gasteiger partial charge in [0.15, 0.2) is 10.9 Å². The highest BCUT2D eigenvalue weighted by molar-refractivity contribution is 7.99. The van der Waals surface area contributed by atoms with Crippen LogP contribution in [-0.2, 0) is 11.0 Å². The first-order chi connectivity index (χ1) is 13.7. The van der Waals surface area contributed by atoms with Crippen molar-refractivity contribution in [2.75, 3.05) is 11.1 Å². The van der Waals surface area contributed by atoms with Gasteiger partial charge in [-0.15, -0.1) is 0 Å². The molecule has 0 unspecified atom stereocenters. The number of furan rings is 1. The fraction of sp³-hybridized carbons (Fsp3) is 0.211. The summed E-state index contributed by atoms with van der Waals surface area (Å²) in [5, 5.41) is 2.45. The van der Waals surface area contributed by atoms with Gasteiger partial charge in [0.25, 0.3) is 0 Å². The van der Waals surface area contributed by atoms with E-state index in [1.807, 2.05) is 0 Å². The molecule has 1 N–H and O–H groups in total. The predicted octanol–water partition coefficient (Wildman–Crippen LogP) is 5.32. The second-order valence-electron chi connectivity index (χ2n) is 6.00. The minimum atomic E-state index is -4.65. The fourth-order valence-electron chi connectivity index (χ4n) is 2.36. The van der Waals surface area contributed by atoms with Crippen LogP contribution in [0.3, 0.4) is 0 Å². The van der Waals surface area contributed by atoms with Crippen molar-refractivity contribution in [2.24, 2.45) is 0 Å². The molecule has 0 fully saturated rings. The molecule has 0 aliphatic heterocycles. The number of benzene rings is 1. The molecule has 2 heterocycles. The minimum Gasteiger partial charge on any atom is -0.463 e. The number of hydrogen-bond acceptors (Lipinski definition) is 5. The van der Waals surface area contributed by atoms with Crippen LogP contribution in [0.5, 0.6) is 0 Å². The van der Waals surface area contributed by atoms with Gasteiger partial charge in [-0.05, 0) is 42.8 Å². The molecule has 0 radical (unpaired) electrons. The van der Waals surface area contributed by atoms with Gasteiger partial charge in [-0.2, -0.15) is 13.2 Å². The summed E-state index contributed by atoms with van der Waals surface area (Å²) in [6, 6.07) is 7.85. The number of anilines is 1. The highest BCUT2D eigenvalue weighted by Crippen LogP contribution is 2.32. The van der Waals surface area contributed by atoms with E-state index in [4.69, 9.17) is 4.42 Å². The number of aromatic nitrogens is 2. The van der Waals surface area contributed by atoms with Crippen LogP contribution in [0.25, 0.3) is 11.5 Å². The summed E-state index contributed by atoms with van der Waals surface area (Å²) >= 11 is 0.910. The van der Waals surface area contributed by atoms with E-state index in [2.05, 4.69) is 15.3 Å². The Labute approximate surface area is 167 Å². The van der Waals surface area contributed by atoms with Crippen LogP contribution in [0, 0.1) is 12.7 Å². The van der Waals surface area contributed by atoms with Crippen molar-refractivity contribution in [2.45, 2.75) is 24.7 Å². The average Bonchev–Trinajstić information content (AvgIpc) is 3.18. The zero-order valence-electron chi connectivity index (χ0n) is 15.1. The molecule has 0 atom stereocenters. The standard InChI is InChI=1S/C19H15F4N3O2S/c1-11-4-5-12(20)9-13(11)24-17(27)6-8-29-18-25-14(15-3-2-7-28-15)10-16(26-18)19(21,22)23/h2-5,7,9-10H,6,8H2,1H3,(H,24,27). The topological polar surface area (TPSA) is 68.0 Å². The summed E-state index contributed by atoms with van der Waals surface area (Å²) in [6.07, 6.45) is -3.33. The maximum atomic E-state index is 13.3. The van der Waals surface area contributed by atoms with E-state index < -0.39 is 23.6 Å². The van der Waals surface area contributed by atoms with Crippen LogP contribution in [-0.4, -0.2) is 21.6 Å². The maximum Gasteiger partial charge on any atom is 0.433 e. The summed E-state index contributed by atoms with van der Waals surface area (Å²) in [5.74, 6) is -0.564. The summed E-state index contributed by atoms with van der Waals surface area (Å²) in [4.78, 5) is 19.7. The van der Waals surface area contributed by atoms with Crippen LogP contribution in [0.2, 0.25) is 0 Å². The highest BCUT2D eigenvalue weighted by atomic mass is 32.2. The number of alkyl halides is 3. The lowest BCUT2D eigenvalue weighted by Crippen LogP contribution is -2.14. The van der Waals surface area contributed by atoms with Gasteiger partial charge in [-0.1, -0.05) is 17.8 Å². The number of amides is 1. The van der Waals surface area contributed by atoms with Gasteiger partial charge < -0.3 is 9.73 Å². The molecule has 152 valence electrons. The SMILES string of the molecule is Cc1ccc(F)cc1NC(=O)CCSc1nc(-c2ccco2)cc(C(F)(F)F)n1. The molecule has 2 aromatic heterocycles. The monoisotopic (exact) mass is 425 g/mol. The van der Waals surface area contributed by atoms with Gasteiger partial charge in [0, 0.05) is 17.9 Å². The normalized spacial score (nSPS) is 11.5. The minimum absolute atomic E-state index is 0.000313. The van der Waals surface area contributed by atoms with E-state index in [0.29, 0.717) is 11.3 Å². The van der Waals surface area contributed by atoms with Gasteiger partial charge in [-0.25, -0.2) is 14.4 Å². The van der Waals surface area contributed by atoms with E-state index in [1.54, 1.807) is 6.92 Å². The number of thioether (sulfide) groups is 1. The third kappa shape index (κ3) is 5.57. The van der Waals surface area contributed by atoms with Crippen LogP contribution in [0.4, 0.5) is 23.2 Å². The van der Waals surface area contributed by atoms with E-state index >= 15 is 0 Å². The second kappa shape index (κ2) is 8.64. The van der Waals surface area contributed by atoms with Gasteiger partial charge in [0.05, 0.1) is 6.26 Å². The Morgan fingerprint density at radius 2 is 2.00 bits per heavy atom. The molecule has 0 saturated carbocycles. The van der Waals surface area contributed by atoms with Crippen molar-refractivity contribution in [3.05, 3.63) is 59.7 Å². The van der Waals surface area contributed by atoms with Gasteiger partial charge in [0.1, 0.15) is 17.2 Å². The van der Waals surface area contributed by atoms with Crippen molar-refractivity contribution >= 4 is 23.4 Å². The molecule has 1 amide bonds. The average molecular weight is 425 g/mol. The van der Waals surface area contributed by atoms with E-state index in [9.17, 15) is 22.4 Å². The highest BCUT2D eigenvalue weighted by Gasteiger charge is 2.34. The molecule has 1 aromatic carbocycles. The molecule has 0 spiro atoms. The Hall–Kier alpha value is -2.88. The van der Waals surface area contributed by atoms with Gasteiger partial charge in [-0.3, -0.25) is 4.79 Å². The number of hydrogen-bond donors (Lipinski definition) is 1. The quantitative estimate of drug-likeness (QED) is 0.329. The Morgan fingerprint density at radius 1 is 1.21 bits per heavy atom. The molecule has 0 aliphatic rings. The molecule has 10 heteroatoms. The molecule has 3 rings (SSSR count). The molecular weight excluding hydrogens is 410 g/mol. The number of carbonyl (C=O) groups is 1. The lowest BCUT2D eigenvalue weighted by Gasteiger charge is -2.10. The summed E-state index contributed by atoms with van der Waals surface area (Å²) in [5.41, 5.74) is -0.0620. The lowest BCUT2D eigenvalue weighted by molar-refractivity contribution is -0.141. The maximum absolute atomic E-state index is 13.3. The number of halogens is 4. The molecule has 0 aliphatic carbocycles. The summed E-state index contributed by atoms with van der Waals surface area (Å²) in [7, 11) is 0. The van der Waals surface area contributed by atoms with Crippen molar-refractivity contribution < 1.29 is 26.8 Å². The van der Waals surface area contributed by atoms with E-state index in [0.717, 1.165) is 17.8 Å². The molecular formula is C19H15F4N3O2S. The smallest absolute Gasteiger partial charge is 0.433 e. The first-order valence-electron chi connectivity index (χ1n) is 8.41. The van der Waals surface area contributed by atoms with E-state index in [1.165, 1.54) is 36.6 Å². The number of nitrogens with zero attached hydrogens (tertiary/aromatic N) is 2. The van der Waals surface area contributed by atoms with Crippen molar-refractivity contribution in [3.8, 4) is 11.5 Å².